The van der Waals surface area contributed by atoms with Crippen LogP contribution in [0.3, 0.4) is 0 Å². The number of terminal acetylenes is 1. The van der Waals surface area contributed by atoms with Gasteiger partial charge in [0.1, 0.15) is 0 Å². The predicted molar refractivity (Wildman–Crippen MR) is 39.4 cm³/mol. The molecule has 0 saturated carbocycles. The fourth-order valence-corrected chi connectivity index (χ4v) is 0.485. The summed E-state index contributed by atoms with van der Waals surface area (Å²) in [5.74, 6) is 2.52. The number of rotatable bonds is 3. The molecule has 2 heteroatoms. The Morgan fingerprint density at radius 3 is 2.78 bits per heavy atom. The number of nitrogens with zero attached hydrogens (tertiary/aromatic N) is 1. The first-order chi connectivity index (χ1) is 4.35. The summed E-state index contributed by atoms with van der Waals surface area (Å²) in [4.78, 5) is 0. The number of hydrogen-bond acceptors (Lipinski definition) is 2. The molecular weight excluding hydrogens is 112 g/mol. The Balaban J connectivity index is 3.57. The Hall–Kier alpha value is -0.940. The van der Waals surface area contributed by atoms with Crippen LogP contribution >= 0.6 is 0 Å². The Bertz CT molecular complexity index is 121. The van der Waals surface area contributed by atoms with Gasteiger partial charge in [-0.3, -0.25) is 0 Å². The highest BCUT2D eigenvalue weighted by molar-refractivity contribution is 4.90. The molecule has 0 aromatic rings. The third-order valence-electron chi connectivity index (χ3n) is 0.878. The summed E-state index contributed by atoms with van der Waals surface area (Å²) in [6.07, 6.45) is 8.88. The highest BCUT2D eigenvalue weighted by atomic mass is 15.5. The summed E-state index contributed by atoms with van der Waals surface area (Å²) in [5, 5.41) is 1.82. The molecule has 2 nitrogen and oxygen atoms in total. The van der Waals surface area contributed by atoms with Gasteiger partial charge >= 0.3 is 0 Å². The van der Waals surface area contributed by atoms with Gasteiger partial charge in [0.05, 0.1) is 6.54 Å². The lowest BCUT2D eigenvalue weighted by atomic mass is 10.6. The zero-order chi connectivity index (χ0) is 7.11. The lowest BCUT2D eigenvalue weighted by Crippen LogP contribution is -2.29. The third-order valence-corrected chi connectivity index (χ3v) is 0.878. The lowest BCUT2D eigenvalue weighted by molar-refractivity contribution is 0.335. The predicted octanol–water partition coefficient (Wildman–Crippen LogP) is 0.590. The minimum Gasteiger partial charge on any atom is -0.304 e. The summed E-state index contributed by atoms with van der Waals surface area (Å²) in [6, 6.07) is 0. The van der Waals surface area contributed by atoms with Crippen LogP contribution in [0.15, 0.2) is 12.3 Å². The number of hydrogen-bond donors (Lipinski definition) is 1. The molecule has 0 aliphatic carbocycles. The minimum absolute atomic E-state index is 0.598. The first-order valence-electron chi connectivity index (χ1n) is 2.85. The van der Waals surface area contributed by atoms with Gasteiger partial charge in [-0.25, -0.2) is 5.43 Å². The van der Waals surface area contributed by atoms with Crippen molar-refractivity contribution in [2.45, 2.75) is 6.92 Å². The smallest absolute Gasteiger partial charge is 0.0943 e. The summed E-state index contributed by atoms with van der Waals surface area (Å²) in [7, 11) is 1.83. The van der Waals surface area contributed by atoms with Crippen LogP contribution < -0.4 is 5.43 Å². The van der Waals surface area contributed by atoms with E-state index in [1.165, 1.54) is 0 Å². The van der Waals surface area contributed by atoms with Crippen LogP contribution in [0, 0.1) is 12.3 Å². The van der Waals surface area contributed by atoms with Gasteiger partial charge in [0.15, 0.2) is 0 Å². The molecular formula is C7H12N2. The Labute approximate surface area is 56.5 Å². The molecule has 50 valence electrons. The van der Waals surface area contributed by atoms with Crippen molar-refractivity contribution in [3.05, 3.63) is 12.3 Å². The van der Waals surface area contributed by atoms with Crippen LogP contribution in [-0.4, -0.2) is 18.6 Å². The molecule has 0 atom stereocenters. The van der Waals surface area contributed by atoms with E-state index >= 15 is 0 Å². The van der Waals surface area contributed by atoms with Gasteiger partial charge in [-0.2, -0.15) is 0 Å². The molecule has 0 bridgehead atoms. The fourth-order valence-electron chi connectivity index (χ4n) is 0.485. The quantitative estimate of drug-likeness (QED) is 0.437. The maximum Gasteiger partial charge on any atom is 0.0943 e. The molecule has 0 heterocycles. The van der Waals surface area contributed by atoms with Crippen LogP contribution in [0.4, 0.5) is 0 Å². The van der Waals surface area contributed by atoms with Gasteiger partial charge in [-0.15, -0.1) is 6.42 Å². The molecule has 0 spiro atoms. The second-order valence-electron chi connectivity index (χ2n) is 1.54. The molecule has 0 radical (unpaired) electrons. The van der Waals surface area contributed by atoms with Crippen LogP contribution in [0.1, 0.15) is 6.92 Å². The SMILES string of the molecule is C#CCN(/C=C\C)NC. The van der Waals surface area contributed by atoms with Crippen LogP contribution in [0.5, 0.6) is 0 Å². The maximum absolute atomic E-state index is 5.07. The van der Waals surface area contributed by atoms with E-state index in [0.29, 0.717) is 6.54 Å². The van der Waals surface area contributed by atoms with Crippen molar-refractivity contribution in [1.82, 2.24) is 10.4 Å². The molecule has 0 amide bonds. The lowest BCUT2D eigenvalue weighted by Gasteiger charge is -2.14. The molecule has 0 saturated heterocycles. The number of allylic oxidation sites excluding steroid dienone is 1. The molecule has 1 N–H and O–H groups in total. The Morgan fingerprint density at radius 1 is 1.78 bits per heavy atom. The van der Waals surface area contributed by atoms with E-state index in [4.69, 9.17) is 6.42 Å². The number of nitrogens with one attached hydrogen (secondary N) is 1. The van der Waals surface area contributed by atoms with Crippen molar-refractivity contribution in [3.63, 3.8) is 0 Å². The maximum atomic E-state index is 5.07. The van der Waals surface area contributed by atoms with E-state index in [2.05, 4.69) is 11.3 Å². The van der Waals surface area contributed by atoms with Crippen molar-refractivity contribution in [3.8, 4) is 12.3 Å². The van der Waals surface area contributed by atoms with Crippen LogP contribution in [0.2, 0.25) is 0 Å². The van der Waals surface area contributed by atoms with Gasteiger partial charge in [0.25, 0.3) is 0 Å². The van der Waals surface area contributed by atoms with Crippen molar-refractivity contribution < 1.29 is 0 Å². The monoisotopic (exact) mass is 124 g/mol. The molecule has 0 aromatic carbocycles. The first-order valence-corrected chi connectivity index (χ1v) is 2.85. The number of hydrazine groups is 1. The van der Waals surface area contributed by atoms with E-state index < -0.39 is 0 Å². The molecule has 0 fully saturated rings. The van der Waals surface area contributed by atoms with Crippen LogP contribution in [-0.2, 0) is 0 Å². The van der Waals surface area contributed by atoms with Gasteiger partial charge in [0, 0.05) is 13.2 Å². The zero-order valence-corrected chi connectivity index (χ0v) is 5.89. The minimum atomic E-state index is 0.598. The van der Waals surface area contributed by atoms with Crippen molar-refractivity contribution in [2.75, 3.05) is 13.6 Å². The second-order valence-corrected chi connectivity index (χ2v) is 1.54. The molecule has 9 heavy (non-hydrogen) atoms. The largest absolute Gasteiger partial charge is 0.304 e. The van der Waals surface area contributed by atoms with Gasteiger partial charge in [0.2, 0.25) is 0 Å². The highest BCUT2D eigenvalue weighted by Gasteiger charge is 1.86. The van der Waals surface area contributed by atoms with Gasteiger partial charge in [-0.1, -0.05) is 12.0 Å². The van der Waals surface area contributed by atoms with E-state index in [-0.39, 0.29) is 0 Å². The molecule has 0 aliphatic heterocycles. The van der Waals surface area contributed by atoms with Crippen molar-refractivity contribution >= 4 is 0 Å². The summed E-state index contributed by atoms with van der Waals surface area (Å²) in [5.41, 5.74) is 2.91. The van der Waals surface area contributed by atoms with Crippen molar-refractivity contribution in [1.29, 1.82) is 0 Å². The normalized spacial score (nSPS) is 9.44. The highest BCUT2D eigenvalue weighted by Crippen LogP contribution is 1.79. The third kappa shape index (κ3) is 3.63. The molecule has 0 aromatic heterocycles. The van der Waals surface area contributed by atoms with E-state index in [9.17, 15) is 0 Å². The Morgan fingerprint density at radius 2 is 2.44 bits per heavy atom. The van der Waals surface area contributed by atoms with Gasteiger partial charge in [-0.05, 0) is 6.92 Å². The standard InChI is InChI=1S/C7H12N2/c1-4-6-9(8-3)7-5-2/h1,5,7-8H,6H2,2-3H3/b7-5-. The average Bonchev–Trinajstić information content (AvgIpc) is 1.88. The molecule has 0 unspecified atom stereocenters. The van der Waals surface area contributed by atoms with E-state index in [0.717, 1.165) is 0 Å². The Kier molecular flexibility index (Phi) is 4.66. The van der Waals surface area contributed by atoms with Gasteiger partial charge < -0.3 is 5.01 Å². The first kappa shape index (κ1) is 8.06. The van der Waals surface area contributed by atoms with Crippen molar-refractivity contribution in [2.24, 2.45) is 0 Å². The van der Waals surface area contributed by atoms with E-state index in [1.807, 2.05) is 31.3 Å². The summed E-state index contributed by atoms with van der Waals surface area (Å²) < 4.78 is 0. The summed E-state index contributed by atoms with van der Waals surface area (Å²) >= 11 is 0. The molecule has 0 rings (SSSR count). The fraction of sp³-hybridized carbons (Fsp3) is 0.429. The summed E-state index contributed by atoms with van der Waals surface area (Å²) in [6.45, 7) is 2.54. The van der Waals surface area contributed by atoms with E-state index in [1.54, 1.807) is 0 Å². The average molecular weight is 124 g/mol. The second kappa shape index (κ2) is 5.20. The van der Waals surface area contributed by atoms with Crippen LogP contribution in [0.25, 0.3) is 0 Å². The molecule has 0 aliphatic rings. The topological polar surface area (TPSA) is 15.3 Å². The zero-order valence-electron chi connectivity index (χ0n) is 5.89.